The van der Waals surface area contributed by atoms with Gasteiger partial charge in [0.1, 0.15) is 0 Å². The summed E-state index contributed by atoms with van der Waals surface area (Å²) in [6.07, 6.45) is 2.63. The number of nitrogens with two attached hydrogens (primary N) is 1. The molecule has 1 nitrogen and oxygen atoms in total. The zero-order valence-corrected chi connectivity index (χ0v) is 6.69. The molecule has 0 aromatic carbocycles. The van der Waals surface area contributed by atoms with E-state index in [0.29, 0.717) is 0 Å². The van der Waals surface area contributed by atoms with Crippen molar-refractivity contribution in [1.29, 1.82) is 0 Å². The quantitative estimate of drug-likeness (QED) is 0.539. The predicted octanol–water partition coefficient (Wildman–Crippen LogP) is 0.637. The highest BCUT2D eigenvalue weighted by Crippen LogP contribution is 2.06. The molecule has 0 fully saturated rings. The molecule has 1 atom stereocenters. The largest absolute Gasteiger partial charge is 0.355 e. The molecule has 0 aliphatic heterocycles. The van der Waals surface area contributed by atoms with Gasteiger partial charge in [0.05, 0.1) is 9.68 Å². The molecule has 44 valence electrons. The smallest absolute Gasteiger partial charge is 0.0916 e. The van der Waals surface area contributed by atoms with Crippen molar-refractivity contribution >= 4 is 9.68 Å². The fourth-order valence-corrected chi connectivity index (χ4v) is 1.25. The van der Waals surface area contributed by atoms with Gasteiger partial charge in [0, 0.05) is 0 Å². The lowest BCUT2D eigenvalue weighted by atomic mass is 10.3. The molecular weight excluding hydrogens is 102 g/mol. The summed E-state index contributed by atoms with van der Waals surface area (Å²) in [5.74, 6) is 0. The second-order valence-electron chi connectivity index (χ2n) is 2.13. The van der Waals surface area contributed by atoms with Crippen molar-refractivity contribution in [1.82, 2.24) is 0 Å². The van der Waals surface area contributed by atoms with Gasteiger partial charge in [-0.1, -0.05) is 26.7 Å². The van der Waals surface area contributed by atoms with Gasteiger partial charge in [-0.25, -0.2) is 0 Å². The predicted molar refractivity (Wildman–Crippen MR) is 37.1 cm³/mol. The Hall–Kier alpha value is 0.177. The molecule has 0 heterocycles. The lowest BCUT2D eigenvalue weighted by Gasteiger charge is -2.01. The minimum absolute atomic E-state index is 0.173. The monoisotopic (exact) mass is 117 g/mol. The topological polar surface area (TPSA) is 26.0 Å². The maximum absolute atomic E-state index is 5.50. The van der Waals surface area contributed by atoms with E-state index in [0.717, 1.165) is 5.54 Å². The van der Waals surface area contributed by atoms with Crippen LogP contribution >= 0.6 is 0 Å². The highest BCUT2D eigenvalue weighted by Gasteiger charge is 1.94. The fourth-order valence-electron chi connectivity index (χ4n) is 0.611. The maximum atomic E-state index is 5.50. The molecule has 0 amide bonds. The van der Waals surface area contributed by atoms with E-state index in [9.17, 15) is 0 Å². The molecular formula is C5H15NSi. The van der Waals surface area contributed by atoms with Crippen LogP contribution in [0.25, 0.3) is 0 Å². The average molecular weight is 117 g/mol. The molecule has 0 aromatic heterocycles. The number of hydrogen-bond donors (Lipinski definition) is 1. The molecule has 7 heavy (non-hydrogen) atoms. The minimum Gasteiger partial charge on any atom is -0.355 e. The van der Waals surface area contributed by atoms with Gasteiger partial charge < -0.3 is 5.40 Å². The lowest BCUT2D eigenvalue weighted by molar-refractivity contribution is 0.761. The van der Waals surface area contributed by atoms with Crippen LogP contribution in [0, 0.1) is 0 Å². The third kappa shape index (κ3) is 4.02. The van der Waals surface area contributed by atoms with Crippen LogP contribution < -0.4 is 5.40 Å². The Morgan fingerprint density at radius 2 is 2.29 bits per heavy atom. The van der Waals surface area contributed by atoms with Crippen LogP contribution in [0.3, 0.4) is 0 Å². The minimum atomic E-state index is -0.173. The summed E-state index contributed by atoms with van der Waals surface area (Å²) in [6, 6.07) is 0. The highest BCUT2D eigenvalue weighted by molar-refractivity contribution is 6.32. The molecule has 0 rings (SSSR count). The van der Waals surface area contributed by atoms with E-state index >= 15 is 0 Å². The molecule has 0 bridgehead atoms. The standard InChI is InChI=1S/C5H15NSi/c1-3-4-5(2)7-6/h5H,3-4,6-7H2,1-2H3. The second kappa shape index (κ2) is 4.34. The van der Waals surface area contributed by atoms with Crippen LogP contribution in [0.4, 0.5) is 0 Å². The number of rotatable bonds is 3. The molecule has 0 radical (unpaired) electrons. The summed E-state index contributed by atoms with van der Waals surface area (Å²) >= 11 is 0. The van der Waals surface area contributed by atoms with E-state index in [1.807, 2.05) is 0 Å². The van der Waals surface area contributed by atoms with Crippen LogP contribution in [0.15, 0.2) is 0 Å². The molecule has 2 N–H and O–H groups in total. The summed E-state index contributed by atoms with van der Waals surface area (Å²) in [7, 11) is -0.173. The van der Waals surface area contributed by atoms with Gasteiger partial charge in [-0.3, -0.25) is 0 Å². The van der Waals surface area contributed by atoms with Crippen LogP contribution in [0.2, 0.25) is 5.54 Å². The zero-order valence-electron chi connectivity index (χ0n) is 5.28. The van der Waals surface area contributed by atoms with E-state index in [4.69, 9.17) is 5.40 Å². The van der Waals surface area contributed by atoms with Crippen LogP contribution in [0.1, 0.15) is 26.7 Å². The van der Waals surface area contributed by atoms with Crippen molar-refractivity contribution in [2.24, 2.45) is 5.40 Å². The molecule has 0 aromatic rings. The van der Waals surface area contributed by atoms with Crippen molar-refractivity contribution < 1.29 is 0 Å². The van der Waals surface area contributed by atoms with Crippen LogP contribution in [0.5, 0.6) is 0 Å². The van der Waals surface area contributed by atoms with E-state index in [-0.39, 0.29) is 9.68 Å². The van der Waals surface area contributed by atoms with Gasteiger partial charge in [0.15, 0.2) is 0 Å². The molecule has 0 spiro atoms. The molecule has 0 aliphatic rings. The molecule has 1 unspecified atom stereocenters. The zero-order chi connectivity index (χ0) is 5.70. The van der Waals surface area contributed by atoms with Gasteiger partial charge in [-0.15, -0.1) is 0 Å². The Balaban J connectivity index is 2.83. The van der Waals surface area contributed by atoms with Gasteiger partial charge in [0.2, 0.25) is 0 Å². The Kier molecular flexibility index (Phi) is 4.45. The van der Waals surface area contributed by atoms with Gasteiger partial charge >= 0.3 is 0 Å². The van der Waals surface area contributed by atoms with E-state index in [2.05, 4.69) is 13.8 Å². The van der Waals surface area contributed by atoms with Crippen molar-refractivity contribution in [2.75, 3.05) is 0 Å². The number of hydrogen-bond acceptors (Lipinski definition) is 1. The highest BCUT2D eigenvalue weighted by atomic mass is 28.2. The first-order chi connectivity index (χ1) is 3.31. The maximum Gasteiger partial charge on any atom is 0.0916 e. The Labute approximate surface area is 48.2 Å². The van der Waals surface area contributed by atoms with Gasteiger partial charge in [-0.05, 0) is 5.54 Å². The average Bonchev–Trinajstić information content (AvgIpc) is 1.68. The van der Waals surface area contributed by atoms with E-state index in [1.165, 1.54) is 12.8 Å². The lowest BCUT2D eigenvalue weighted by Crippen LogP contribution is -2.10. The molecule has 0 saturated carbocycles. The molecule has 0 saturated heterocycles. The third-order valence-corrected chi connectivity index (χ3v) is 2.40. The molecule has 0 aliphatic carbocycles. The SMILES string of the molecule is CCCC(C)[SiH2]N. The normalized spacial score (nSPS) is 15.9. The summed E-state index contributed by atoms with van der Waals surface area (Å²) in [6.45, 7) is 4.45. The first kappa shape index (κ1) is 7.18. The Bertz CT molecular complexity index is 39.1. The Morgan fingerprint density at radius 1 is 1.71 bits per heavy atom. The first-order valence-electron chi connectivity index (χ1n) is 3.01. The van der Waals surface area contributed by atoms with Gasteiger partial charge in [0.25, 0.3) is 0 Å². The van der Waals surface area contributed by atoms with Crippen LogP contribution in [-0.4, -0.2) is 9.68 Å². The third-order valence-electron chi connectivity index (χ3n) is 1.18. The van der Waals surface area contributed by atoms with E-state index < -0.39 is 0 Å². The first-order valence-corrected chi connectivity index (χ1v) is 4.64. The summed E-state index contributed by atoms with van der Waals surface area (Å²) in [5.41, 5.74) is 0.866. The van der Waals surface area contributed by atoms with E-state index in [1.54, 1.807) is 0 Å². The van der Waals surface area contributed by atoms with Crippen molar-refractivity contribution in [2.45, 2.75) is 32.2 Å². The van der Waals surface area contributed by atoms with Crippen molar-refractivity contribution in [3.05, 3.63) is 0 Å². The second-order valence-corrected chi connectivity index (χ2v) is 3.99. The molecule has 2 heteroatoms. The van der Waals surface area contributed by atoms with Gasteiger partial charge in [-0.2, -0.15) is 0 Å². The summed E-state index contributed by atoms with van der Waals surface area (Å²) in [4.78, 5) is 0. The fraction of sp³-hybridized carbons (Fsp3) is 1.00. The summed E-state index contributed by atoms with van der Waals surface area (Å²) < 4.78 is 0. The van der Waals surface area contributed by atoms with Crippen LogP contribution in [-0.2, 0) is 0 Å². The van der Waals surface area contributed by atoms with Crippen molar-refractivity contribution in [3.8, 4) is 0 Å². The summed E-state index contributed by atoms with van der Waals surface area (Å²) in [5, 5.41) is 5.50. The Morgan fingerprint density at radius 3 is 2.43 bits per heavy atom. The van der Waals surface area contributed by atoms with Crippen molar-refractivity contribution in [3.63, 3.8) is 0 Å².